The molecule has 0 radical (unpaired) electrons. The fourth-order valence-corrected chi connectivity index (χ4v) is 2.70. The van der Waals surface area contributed by atoms with Crippen LogP contribution in [0.5, 0.6) is 0 Å². The van der Waals surface area contributed by atoms with Crippen LogP contribution >= 0.6 is 0 Å². The minimum absolute atomic E-state index is 0.0886. The van der Waals surface area contributed by atoms with E-state index in [0.29, 0.717) is 12.1 Å². The third-order valence-corrected chi connectivity index (χ3v) is 3.74. The van der Waals surface area contributed by atoms with Gasteiger partial charge in [-0.05, 0) is 32.7 Å². The second kappa shape index (κ2) is 5.72. The summed E-state index contributed by atoms with van der Waals surface area (Å²) < 4.78 is 0. The van der Waals surface area contributed by atoms with Crippen LogP contribution in [0, 0.1) is 0 Å². The van der Waals surface area contributed by atoms with E-state index in [-0.39, 0.29) is 6.10 Å². The molecule has 0 aromatic carbocycles. The molecule has 0 aliphatic heterocycles. The summed E-state index contributed by atoms with van der Waals surface area (Å²) in [5.74, 6) is 0. The predicted octanol–water partition coefficient (Wildman–Crippen LogP) is 2.41. The van der Waals surface area contributed by atoms with Gasteiger partial charge in [0, 0.05) is 12.1 Å². The van der Waals surface area contributed by atoms with Gasteiger partial charge >= 0.3 is 0 Å². The second-order valence-electron chi connectivity index (χ2n) is 4.55. The molecule has 0 aromatic rings. The highest BCUT2D eigenvalue weighted by atomic mass is 16.3. The molecule has 1 aliphatic carbocycles. The van der Waals surface area contributed by atoms with Gasteiger partial charge in [0.05, 0.1) is 6.10 Å². The van der Waals surface area contributed by atoms with Gasteiger partial charge in [-0.15, -0.1) is 0 Å². The van der Waals surface area contributed by atoms with Gasteiger partial charge in [-0.1, -0.05) is 26.7 Å². The van der Waals surface area contributed by atoms with Crippen molar-refractivity contribution in [3.05, 3.63) is 0 Å². The van der Waals surface area contributed by atoms with E-state index in [0.717, 1.165) is 6.42 Å². The van der Waals surface area contributed by atoms with Crippen molar-refractivity contribution in [3.63, 3.8) is 0 Å². The maximum atomic E-state index is 9.94. The Hall–Kier alpha value is -0.0800. The van der Waals surface area contributed by atoms with Crippen LogP contribution < -0.4 is 0 Å². The van der Waals surface area contributed by atoms with Crippen LogP contribution in [-0.4, -0.2) is 35.2 Å². The van der Waals surface area contributed by atoms with Gasteiger partial charge in [0.1, 0.15) is 0 Å². The van der Waals surface area contributed by atoms with Crippen molar-refractivity contribution < 1.29 is 5.11 Å². The zero-order valence-corrected chi connectivity index (χ0v) is 9.87. The topological polar surface area (TPSA) is 23.5 Å². The van der Waals surface area contributed by atoms with Crippen molar-refractivity contribution in [1.82, 2.24) is 4.90 Å². The van der Waals surface area contributed by atoms with E-state index in [1.807, 2.05) is 0 Å². The summed E-state index contributed by atoms with van der Waals surface area (Å²) in [4.78, 5) is 2.41. The van der Waals surface area contributed by atoms with Crippen LogP contribution in [0.3, 0.4) is 0 Å². The lowest BCUT2D eigenvalue weighted by molar-refractivity contribution is 0.0110. The summed E-state index contributed by atoms with van der Waals surface area (Å²) in [5.41, 5.74) is 0. The molecule has 0 amide bonds. The van der Waals surface area contributed by atoms with Crippen LogP contribution in [-0.2, 0) is 0 Å². The Morgan fingerprint density at radius 1 is 1.21 bits per heavy atom. The normalized spacial score (nSPS) is 28.7. The fourth-order valence-electron chi connectivity index (χ4n) is 2.70. The largest absolute Gasteiger partial charge is 0.391 e. The van der Waals surface area contributed by atoms with Gasteiger partial charge in [-0.2, -0.15) is 0 Å². The lowest BCUT2D eigenvalue weighted by atomic mass is 9.90. The zero-order valence-electron chi connectivity index (χ0n) is 9.87. The van der Waals surface area contributed by atoms with E-state index in [1.54, 1.807) is 0 Å². The third kappa shape index (κ3) is 2.71. The van der Waals surface area contributed by atoms with Crippen LogP contribution in [0.4, 0.5) is 0 Å². The molecule has 1 fully saturated rings. The van der Waals surface area contributed by atoms with E-state index in [9.17, 15) is 5.11 Å². The Kier molecular flexibility index (Phi) is 4.90. The molecule has 2 atom stereocenters. The van der Waals surface area contributed by atoms with E-state index >= 15 is 0 Å². The maximum Gasteiger partial charge on any atom is 0.0695 e. The second-order valence-corrected chi connectivity index (χ2v) is 4.55. The molecule has 0 heterocycles. The standard InChI is InChI=1S/C12H25NO/c1-4-10(5-2)13(3)11-8-6-7-9-12(11)14/h10-12,14H,4-9H2,1-3H3/t11-,12-/m0/s1. The highest BCUT2D eigenvalue weighted by Crippen LogP contribution is 2.25. The first kappa shape index (κ1) is 12.0. The number of aliphatic hydroxyl groups excluding tert-OH is 1. The fraction of sp³-hybridized carbons (Fsp3) is 1.00. The molecule has 1 rings (SSSR count). The summed E-state index contributed by atoms with van der Waals surface area (Å²) in [5, 5.41) is 9.94. The third-order valence-electron chi connectivity index (χ3n) is 3.74. The van der Waals surface area contributed by atoms with Crippen LogP contribution in [0.25, 0.3) is 0 Å². The molecule has 14 heavy (non-hydrogen) atoms. The van der Waals surface area contributed by atoms with Crippen molar-refractivity contribution in [1.29, 1.82) is 0 Å². The molecule has 0 aromatic heterocycles. The molecule has 1 saturated carbocycles. The van der Waals surface area contributed by atoms with Gasteiger partial charge in [0.2, 0.25) is 0 Å². The van der Waals surface area contributed by atoms with E-state index in [2.05, 4.69) is 25.8 Å². The summed E-state index contributed by atoms with van der Waals surface area (Å²) in [6.07, 6.45) is 6.95. The van der Waals surface area contributed by atoms with Crippen LogP contribution in [0.15, 0.2) is 0 Å². The summed E-state index contributed by atoms with van der Waals surface area (Å²) in [6.45, 7) is 4.47. The Labute approximate surface area is 88.3 Å². The minimum Gasteiger partial charge on any atom is -0.391 e. The van der Waals surface area contributed by atoms with Gasteiger partial charge in [0.25, 0.3) is 0 Å². The number of rotatable bonds is 4. The first-order valence-corrected chi connectivity index (χ1v) is 6.10. The first-order valence-electron chi connectivity index (χ1n) is 6.10. The molecule has 0 unspecified atom stereocenters. The van der Waals surface area contributed by atoms with Crippen molar-refractivity contribution in [2.45, 2.75) is 70.6 Å². The summed E-state index contributed by atoms with van der Waals surface area (Å²) in [7, 11) is 2.18. The Balaban J connectivity index is 2.52. The van der Waals surface area contributed by atoms with Crippen LogP contribution in [0.1, 0.15) is 52.4 Å². The van der Waals surface area contributed by atoms with E-state index < -0.39 is 0 Å². The van der Waals surface area contributed by atoms with Gasteiger partial charge in [-0.3, -0.25) is 4.90 Å². The van der Waals surface area contributed by atoms with Gasteiger partial charge in [-0.25, -0.2) is 0 Å². The van der Waals surface area contributed by atoms with Crippen molar-refractivity contribution in [3.8, 4) is 0 Å². The number of hydrogen-bond acceptors (Lipinski definition) is 2. The van der Waals surface area contributed by atoms with Crippen molar-refractivity contribution in [2.24, 2.45) is 0 Å². The van der Waals surface area contributed by atoms with E-state index in [1.165, 1.54) is 32.1 Å². The van der Waals surface area contributed by atoms with Crippen molar-refractivity contribution in [2.75, 3.05) is 7.05 Å². The number of likely N-dealkylation sites (N-methyl/N-ethyl adjacent to an activating group) is 1. The summed E-state index contributed by atoms with van der Waals surface area (Å²) >= 11 is 0. The summed E-state index contributed by atoms with van der Waals surface area (Å²) in [6, 6.07) is 1.06. The highest BCUT2D eigenvalue weighted by Gasteiger charge is 2.29. The molecule has 0 bridgehead atoms. The zero-order chi connectivity index (χ0) is 10.6. The first-order chi connectivity index (χ1) is 6.70. The number of aliphatic hydroxyl groups is 1. The SMILES string of the molecule is CCC(CC)N(C)[C@H]1CCCC[C@@H]1O. The van der Waals surface area contributed by atoms with Crippen molar-refractivity contribution >= 4 is 0 Å². The lowest BCUT2D eigenvalue weighted by Gasteiger charge is -2.39. The average molecular weight is 199 g/mol. The van der Waals surface area contributed by atoms with Gasteiger partial charge < -0.3 is 5.11 Å². The number of nitrogens with zero attached hydrogens (tertiary/aromatic N) is 1. The molecule has 2 heteroatoms. The molecule has 1 aliphatic rings. The predicted molar refractivity (Wildman–Crippen MR) is 60.4 cm³/mol. The Bertz CT molecular complexity index is 156. The molecule has 0 spiro atoms. The van der Waals surface area contributed by atoms with E-state index in [4.69, 9.17) is 0 Å². The monoisotopic (exact) mass is 199 g/mol. The molecular weight excluding hydrogens is 174 g/mol. The minimum atomic E-state index is -0.0886. The Morgan fingerprint density at radius 3 is 2.29 bits per heavy atom. The van der Waals surface area contributed by atoms with Crippen LogP contribution in [0.2, 0.25) is 0 Å². The highest BCUT2D eigenvalue weighted by molar-refractivity contribution is 4.84. The molecule has 0 saturated heterocycles. The molecule has 84 valence electrons. The smallest absolute Gasteiger partial charge is 0.0695 e. The Morgan fingerprint density at radius 2 is 1.79 bits per heavy atom. The maximum absolute atomic E-state index is 9.94. The lowest BCUT2D eigenvalue weighted by Crippen LogP contribution is -2.47. The molecular formula is C12H25NO. The average Bonchev–Trinajstić information content (AvgIpc) is 2.20. The quantitative estimate of drug-likeness (QED) is 0.751. The molecule has 2 nitrogen and oxygen atoms in total. The van der Waals surface area contributed by atoms with Gasteiger partial charge in [0.15, 0.2) is 0 Å². The molecule has 1 N–H and O–H groups in total. The number of hydrogen-bond donors (Lipinski definition) is 1.